The summed E-state index contributed by atoms with van der Waals surface area (Å²) in [5.41, 5.74) is 2.11. The Balaban J connectivity index is 1.55. The summed E-state index contributed by atoms with van der Waals surface area (Å²) in [5.74, 6) is -2.22. The van der Waals surface area contributed by atoms with Crippen LogP contribution in [0.15, 0.2) is 48.5 Å². The largest absolute Gasteiger partial charge is 0.456 e. The SMILES string of the molecule is CCCc1ccc(C(=O)COC(=O)CN2C(=O)c3ccccc3C2=O)cc1. The predicted octanol–water partition coefficient (Wildman–Crippen LogP) is 2.66. The van der Waals surface area contributed by atoms with Crippen LogP contribution < -0.4 is 0 Å². The Kier molecular flexibility index (Phi) is 5.45. The summed E-state index contributed by atoms with van der Waals surface area (Å²) in [4.78, 5) is 49.4. The number of Topliss-reactive ketones (excluding diaryl/α,β-unsaturated/α-hetero) is 1. The Labute approximate surface area is 156 Å². The average Bonchev–Trinajstić information content (AvgIpc) is 2.92. The van der Waals surface area contributed by atoms with Crippen LogP contribution in [-0.4, -0.2) is 41.6 Å². The Morgan fingerprint density at radius 1 is 0.926 bits per heavy atom. The lowest BCUT2D eigenvalue weighted by Gasteiger charge is -2.12. The molecule has 1 aliphatic rings. The van der Waals surface area contributed by atoms with Gasteiger partial charge in [0.1, 0.15) is 6.54 Å². The number of carbonyl (C=O) groups is 4. The molecule has 27 heavy (non-hydrogen) atoms. The number of ketones is 1. The number of benzene rings is 2. The first-order chi connectivity index (χ1) is 13.0. The van der Waals surface area contributed by atoms with Gasteiger partial charge in [0.05, 0.1) is 11.1 Å². The van der Waals surface area contributed by atoms with E-state index in [-0.39, 0.29) is 16.9 Å². The van der Waals surface area contributed by atoms with E-state index in [9.17, 15) is 19.2 Å². The second-order valence-corrected chi connectivity index (χ2v) is 6.27. The molecule has 1 aliphatic heterocycles. The van der Waals surface area contributed by atoms with E-state index in [4.69, 9.17) is 4.74 Å². The van der Waals surface area contributed by atoms with Gasteiger partial charge < -0.3 is 4.74 Å². The number of rotatable bonds is 7. The van der Waals surface area contributed by atoms with Crippen molar-refractivity contribution in [3.05, 3.63) is 70.8 Å². The molecule has 1 heterocycles. The third kappa shape index (κ3) is 3.95. The molecular weight excluding hydrogens is 346 g/mol. The van der Waals surface area contributed by atoms with Gasteiger partial charge in [0, 0.05) is 5.56 Å². The number of fused-ring (bicyclic) bond motifs is 1. The second-order valence-electron chi connectivity index (χ2n) is 6.27. The molecule has 0 saturated heterocycles. The zero-order valence-corrected chi connectivity index (χ0v) is 14.9. The highest BCUT2D eigenvalue weighted by Crippen LogP contribution is 2.22. The maximum Gasteiger partial charge on any atom is 0.326 e. The molecule has 0 spiro atoms. The van der Waals surface area contributed by atoms with Crippen LogP contribution in [0.4, 0.5) is 0 Å². The molecule has 0 radical (unpaired) electrons. The van der Waals surface area contributed by atoms with Crippen LogP contribution in [-0.2, 0) is 16.0 Å². The van der Waals surface area contributed by atoms with Gasteiger partial charge in [0.15, 0.2) is 12.4 Å². The number of hydrogen-bond donors (Lipinski definition) is 0. The summed E-state index contributed by atoms with van der Waals surface area (Å²) < 4.78 is 4.96. The standard InChI is InChI=1S/C21H19NO5/c1-2-5-14-8-10-15(11-9-14)18(23)13-27-19(24)12-22-20(25)16-6-3-4-7-17(16)21(22)26/h3-4,6-11H,2,5,12-13H2,1H3. The number of esters is 1. The van der Waals surface area contributed by atoms with Crippen molar-refractivity contribution in [3.8, 4) is 0 Å². The molecule has 0 aliphatic carbocycles. The van der Waals surface area contributed by atoms with E-state index < -0.39 is 30.9 Å². The second kappa shape index (κ2) is 7.95. The van der Waals surface area contributed by atoms with Gasteiger partial charge in [-0.2, -0.15) is 0 Å². The summed E-state index contributed by atoms with van der Waals surface area (Å²) in [6.45, 7) is 1.12. The van der Waals surface area contributed by atoms with Crippen molar-refractivity contribution in [3.63, 3.8) is 0 Å². The Hall–Kier alpha value is -3.28. The van der Waals surface area contributed by atoms with Crippen molar-refractivity contribution in [2.75, 3.05) is 13.2 Å². The van der Waals surface area contributed by atoms with E-state index in [2.05, 4.69) is 6.92 Å². The molecule has 0 aromatic heterocycles. The quantitative estimate of drug-likeness (QED) is 0.428. The van der Waals surface area contributed by atoms with Gasteiger partial charge in [-0.15, -0.1) is 0 Å². The minimum atomic E-state index is -0.805. The van der Waals surface area contributed by atoms with Crippen LogP contribution >= 0.6 is 0 Å². The smallest absolute Gasteiger partial charge is 0.326 e. The van der Waals surface area contributed by atoms with E-state index in [0.29, 0.717) is 5.56 Å². The molecule has 2 aromatic carbocycles. The van der Waals surface area contributed by atoms with Crippen LogP contribution in [0.25, 0.3) is 0 Å². The van der Waals surface area contributed by atoms with Crippen molar-refractivity contribution in [1.29, 1.82) is 0 Å². The van der Waals surface area contributed by atoms with Gasteiger partial charge >= 0.3 is 5.97 Å². The molecule has 6 nitrogen and oxygen atoms in total. The summed E-state index contributed by atoms with van der Waals surface area (Å²) in [7, 11) is 0. The molecule has 0 fully saturated rings. The number of aryl methyl sites for hydroxylation is 1. The van der Waals surface area contributed by atoms with Gasteiger partial charge in [-0.3, -0.25) is 24.1 Å². The van der Waals surface area contributed by atoms with Crippen molar-refractivity contribution < 1.29 is 23.9 Å². The van der Waals surface area contributed by atoms with Crippen LogP contribution in [0, 0.1) is 0 Å². The fourth-order valence-electron chi connectivity index (χ4n) is 2.93. The lowest BCUT2D eigenvalue weighted by molar-refractivity contribution is -0.142. The fourth-order valence-corrected chi connectivity index (χ4v) is 2.93. The molecule has 0 N–H and O–H groups in total. The molecule has 2 aromatic rings. The summed E-state index contributed by atoms with van der Waals surface area (Å²) >= 11 is 0. The molecule has 0 bridgehead atoms. The van der Waals surface area contributed by atoms with E-state index in [0.717, 1.165) is 23.3 Å². The van der Waals surface area contributed by atoms with Crippen molar-refractivity contribution in [2.24, 2.45) is 0 Å². The lowest BCUT2D eigenvalue weighted by atomic mass is 10.1. The summed E-state index contributed by atoms with van der Waals surface area (Å²) in [6, 6.07) is 13.5. The van der Waals surface area contributed by atoms with Crippen molar-refractivity contribution in [1.82, 2.24) is 4.90 Å². The van der Waals surface area contributed by atoms with Crippen molar-refractivity contribution >= 4 is 23.6 Å². The maximum atomic E-state index is 12.2. The Bertz CT molecular complexity index is 866. The predicted molar refractivity (Wildman–Crippen MR) is 97.5 cm³/mol. The number of carbonyl (C=O) groups excluding carboxylic acids is 4. The van der Waals surface area contributed by atoms with E-state index in [1.54, 1.807) is 24.3 Å². The van der Waals surface area contributed by atoms with E-state index >= 15 is 0 Å². The summed E-state index contributed by atoms with van der Waals surface area (Å²) in [6.07, 6.45) is 1.95. The van der Waals surface area contributed by atoms with Gasteiger partial charge in [0.2, 0.25) is 0 Å². The topological polar surface area (TPSA) is 80.8 Å². The summed E-state index contributed by atoms with van der Waals surface area (Å²) in [5, 5.41) is 0. The molecular formula is C21H19NO5. The van der Waals surface area contributed by atoms with Crippen LogP contribution in [0.3, 0.4) is 0 Å². The van der Waals surface area contributed by atoms with Crippen LogP contribution in [0.1, 0.15) is 50.0 Å². The first kappa shape index (κ1) is 18.5. The average molecular weight is 365 g/mol. The van der Waals surface area contributed by atoms with Gasteiger partial charge in [-0.05, 0) is 24.1 Å². The van der Waals surface area contributed by atoms with Gasteiger partial charge in [-0.1, -0.05) is 49.7 Å². The van der Waals surface area contributed by atoms with E-state index in [1.165, 1.54) is 12.1 Å². The molecule has 6 heteroatoms. The normalized spacial score (nSPS) is 12.9. The molecule has 138 valence electrons. The van der Waals surface area contributed by atoms with Gasteiger partial charge in [-0.25, -0.2) is 0 Å². The highest BCUT2D eigenvalue weighted by atomic mass is 16.5. The first-order valence-corrected chi connectivity index (χ1v) is 8.74. The van der Waals surface area contributed by atoms with Crippen LogP contribution in [0.2, 0.25) is 0 Å². The van der Waals surface area contributed by atoms with Crippen LogP contribution in [0.5, 0.6) is 0 Å². The maximum absolute atomic E-state index is 12.2. The molecule has 0 saturated carbocycles. The zero-order chi connectivity index (χ0) is 19.4. The lowest BCUT2D eigenvalue weighted by Crippen LogP contribution is -2.36. The number of hydrogen-bond acceptors (Lipinski definition) is 5. The van der Waals surface area contributed by atoms with Gasteiger partial charge in [0.25, 0.3) is 11.8 Å². The molecule has 0 atom stereocenters. The highest BCUT2D eigenvalue weighted by molar-refractivity contribution is 6.22. The molecule has 0 unspecified atom stereocenters. The zero-order valence-electron chi connectivity index (χ0n) is 14.9. The number of nitrogens with zero attached hydrogens (tertiary/aromatic N) is 1. The third-order valence-electron chi connectivity index (χ3n) is 4.34. The number of amides is 2. The number of imide groups is 1. The number of ether oxygens (including phenoxy) is 1. The Morgan fingerprint density at radius 2 is 1.52 bits per heavy atom. The first-order valence-electron chi connectivity index (χ1n) is 8.74. The monoisotopic (exact) mass is 365 g/mol. The Morgan fingerprint density at radius 3 is 2.07 bits per heavy atom. The third-order valence-corrected chi connectivity index (χ3v) is 4.34. The molecule has 2 amide bonds. The van der Waals surface area contributed by atoms with Crippen molar-refractivity contribution in [2.45, 2.75) is 19.8 Å². The fraction of sp³-hybridized carbons (Fsp3) is 0.238. The highest BCUT2D eigenvalue weighted by Gasteiger charge is 2.36. The molecule has 3 rings (SSSR count). The van der Waals surface area contributed by atoms with E-state index in [1.807, 2.05) is 12.1 Å². The minimum absolute atomic E-state index is 0.263. The minimum Gasteiger partial charge on any atom is -0.456 e.